The van der Waals surface area contributed by atoms with Crippen molar-refractivity contribution in [1.29, 1.82) is 0 Å². The summed E-state index contributed by atoms with van der Waals surface area (Å²) in [5, 5.41) is 0. The highest BCUT2D eigenvalue weighted by Gasteiger charge is 2.24. The molecule has 128 valence electrons. The number of nitrogen functional groups attached to an aromatic ring is 2. The molecule has 25 heavy (non-hydrogen) atoms. The number of hydrogen-bond donors (Lipinski definition) is 4. The normalized spacial score (nSPS) is 14.0. The van der Waals surface area contributed by atoms with Crippen molar-refractivity contribution < 1.29 is 4.79 Å². The molecule has 0 fully saturated rings. The van der Waals surface area contributed by atoms with Crippen LogP contribution in [0, 0.1) is 0 Å². The standard InChI is InChI=1S/C16H16N6O2S/c1-21-10-6-8(2-3-11(10)25-7-12(21)23)22-13(15(18)20-16(22)24)9-4-5-19-14(9)17/h2-6,19H,7,17-18H2,1H3,(H,20,24). The predicted octanol–water partition coefficient (Wildman–Crippen LogP) is 1.39. The molecule has 1 aliphatic rings. The minimum absolute atomic E-state index is 0.0191. The fourth-order valence-corrected chi connectivity index (χ4v) is 3.93. The molecule has 0 radical (unpaired) electrons. The van der Waals surface area contributed by atoms with Crippen LogP contribution in [-0.2, 0) is 4.79 Å². The van der Waals surface area contributed by atoms with Gasteiger partial charge in [-0.25, -0.2) is 4.79 Å². The number of nitrogens with one attached hydrogen (secondary N) is 2. The summed E-state index contributed by atoms with van der Waals surface area (Å²) < 4.78 is 1.47. The Morgan fingerprint density at radius 1 is 1.16 bits per heavy atom. The second kappa shape index (κ2) is 5.49. The largest absolute Gasteiger partial charge is 0.385 e. The zero-order valence-electron chi connectivity index (χ0n) is 13.4. The predicted molar refractivity (Wildman–Crippen MR) is 99.1 cm³/mol. The number of hydrogen-bond acceptors (Lipinski definition) is 5. The molecule has 0 aliphatic carbocycles. The maximum absolute atomic E-state index is 12.5. The van der Waals surface area contributed by atoms with Gasteiger partial charge in [-0.3, -0.25) is 14.3 Å². The number of rotatable bonds is 2. The Kier molecular flexibility index (Phi) is 3.39. The number of imidazole rings is 1. The van der Waals surface area contributed by atoms with Crippen molar-refractivity contribution in [1.82, 2.24) is 14.5 Å². The zero-order valence-corrected chi connectivity index (χ0v) is 14.2. The number of carbonyl (C=O) groups excluding carboxylic acids is 1. The highest BCUT2D eigenvalue weighted by Crippen LogP contribution is 2.37. The highest BCUT2D eigenvalue weighted by atomic mass is 32.2. The minimum Gasteiger partial charge on any atom is -0.385 e. The summed E-state index contributed by atoms with van der Waals surface area (Å²) in [6, 6.07) is 7.30. The van der Waals surface area contributed by atoms with Gasteiger partial charge in [0.15, 0.2) is 0 Å². The summed E-state index contributed by atoms with van der Waals surface area (Å²) in [7, 11) is 1.73. The Morgan fingerprint density at radius 2 is 1.96 bits per heavy atom. The van der Waals surface area contributed by atoms with Gasteiger partial charge >= 0.3 is 5.69 Å². The summed E-state index contributed by atoms with van der Waals surface area (Å²) >= 11 is 1.48. The van der Waals surface area contributed by atoms with Crippen molar-refractivity contribution in [3.8, 4) is 16.9 Å². The minimum atomic E-state index is -0.370. The molecule has 0 saturated carbocycles. The summed E-state index contributed by atoms with van der Waals surface area (Å²) in [5.41, 5.74) is 14.1. The van der Waals surface area contributed by atoms with E-state index in [0.717, 1.165) is 10.6 Å². The second-order valence-corrected chi connectivity index (χ2v) is 6.74. The Balaban J connectivity index is 1.94. The van der Waals surface area contributed by atoms with Crippen LogP contribution in [-0.4, -0.2) is 33.2 Å². The first-order valence-electron chi connectivity index (χ1n) is 7.55. The number of fused-ring (bicyclic) bond motifs is 1. The Labute approximate surface area is 146 Å². The molecule has 8 nitrogen and oxygen atoms in total. The molecule has 2 aromatic heterocycles. The van der Waals surface area contributed by atoms with Crippen LogP contribution in [0.15, 0.2) is 40.2 Å². The van der Waals surface area contributed by atoms with Gasteiger partial charge < -0.3 is 21.4 Å². The van der Waals surface area contributed by atoms with Crippen molar-refractivity contribution in [3.63, 3.8) is 0 Å². The van der Waals surface area contributed by atoms with Gasteiger partial charge in [0.1, 0.15) is 17.3 Å². The van der Waals surface area contributed by atoms with Crippen LogP contribution in [0.3, 0.4) is 0 Å². The van der Waals surface area contributed by atoms with Crippen LogP contribution >= 0.6 is 11.8 Å². The third-order valence-electron chi connectivity index (χ3n) is 4.24. The number of benzene rings is 1. The maximum atomic E-state index is 12.5. The van der Waals surface area contributed by atoms with E-state index in [1.165, 1.54) is 16.3 Å². The smallest absolute Gasteiger partial charge is 0.332 e. The Bertz CT molecular complexity index is 1050. The van der Waals surface area contributed by atoms with Gasteiger partial charge in [0, 0.05) is 23.7 Å². The molecular weight excluding hydrogens is 340 g/mol. The number of carbonyl (C=O) groups is 1. The lowest BCUT2D eigenvalue weighted by Gasteiger charge is -2.25. The van der Waals surface area contributed by atoms with E-state index >= 15 is 0 Å². The van der Waals surface area contributed by atoms with Gasteiger partial charge in [-0.05, 0) is 24.3 Å². The van der Waals surface area contributed by atoms with E-state index in [9.17, 15) is 9.59 Å². The number of nitrogens with zero attached hydrogens (tertiary/aromatic N) is 2. The van der Waals surface area contributed by atoms with E-state index in [1.54, 1.807) is 30.3 Å². The van der Waals surface area contributed by atoms with E-state index in [1.807, 2.05) is 12.1 Å². The van der Waals surface area contributed by atoms with E-state index in [-0.39, 0.29) is 17.4 Å². The molecule has 1 aliphatic heterocycles. The summed E-state index contributed by atoms with van der Waals surface area (Å²) in [6.07, 6.45) is 1.68. The summed E-state index contributed by atoms with van der Waals surface area (Å²) in [5.74, 6) is 1.07. The number of thioether (sulfide) groups is 1. The lowest BCUT2D eigenvalue weighted by molar-refractivity contribution is -0.116. The highest BCUT2D eigenvalue weighted by molar-refractivity contribution is 8.00. The molecule has 6 N–H and O–H groups in total. The van der Waals surface area contributed by atoms with Gasteiger partial charge in [-0.2, -0.15) is 0 Å². The van der Waals surface area contributed by atoms with Crippen molar-refractivity contribution in [2.75, 3.05) is 29.2 Å². The maximum Gasteiger partial charge on any atom is 0.332 e. The molecule has 3 heterocycles. The SMILES string of the molecule is CN1C(=O)CSc2ccc(-n3c(-c4cc[nH]c4N)c(N)[nH]c3=O)cc21. The molecule has 9 heteroatoms. The number of amides is 1. The molecule has 0 spiro atoms. The van der Waals surface area contributed by atoms with Crippen molar-refractivity contribution >= 4 is 35.0 Å². The first kappa shape index (κ1) is 15.5. The fraction of sp³-hybridized carbons (Fsp3) is 0.125. The lowest BCUT2D eigenvalue weighted by atomic mass is 10.2. The van der Waals surface area contributed by atoms with Crippen LogP contribution in [0.2, 0.25) is 0 Å². The topological polar surface area (TPSA) is 126 Å². The number of H-pyrrole nitrogens is 2. The molecule has 0 unspecified atom stereocenters. The zero-order chi connectivity index (χ0) is 17.7. The van der Waals surface area contributed by atoms with Gasteiger partial charge in [0.05, 0.1) is 17.1 Å². The molecule has 0 bridgehead atoms. The summed E-state index contributed by atoms with van der Waals surface area (Å²) in [6.45, 7) is 0. The molecule has 1 aromatic carbocycles. The van der Waals surface area contributed by atoms with Gasteiger partial charge in [-0.15, -0.1) is 11.8 Å². The van der Waals surface area contributed by atoms with Gasteiger partial charge in [0.2, 0.25) is 5.91 Å². The van der Waals surface area contributed by atoms with Crippen LogP contribution in [0.1, 0.15) is 0 Å². The quantitative estimate of drug-likeness (QED) is 0.552. The van der Waals surface area contributed by atoms with Gasteiger partial charge in [-0.1, -0.05) is 0 Å². The van der Waals surface area contributed by atoms with Crippen molar-refractivity contribution in [3.05, 3.63) is 40.9 Å². The first-order chi connectivity index (χ1) is 12.0. The second-order valence-electron chi connectivity index (χ2n) is 5.73. The number of aromatic nitrogens is 3. The average molecular weight is 356 g/mol. The first-order valence-corrected chi connectivity index (χ1v) is 8.53. The van der Waals surface area contributed by atoms with E-state index in [2.05, 4.69) is 9.97 Å². The van der Waals surface area contributed by atoms with Crippen molar-refractivity contribution in [2.45, 2.75) is 4.90 Å². The van der Waals surface area contributed by atoms with Crippen LogP contribution in [0.5, 0.6) is 0 Å². The third-order valence-corrected chi connectivity index (χ3v) is 5.29. The Morgan fingerprint density at radius 3 is 2.68 bits per heavy atom. The van der Waals surface area contributed by atoms with Crippen LogP contribution in [0.25, 0.3) is 16.9 Å². The molecule has 1 amide bonds. The molecular formula is C16H16N6O2S. The molecule has 0 atom stereocenters. The monoisotopic (exact) mass is 356 g/mol. The van der Waals surface area contributed by atoms with E-state index < -0.39 is 0 Å². The number of nitrogens with two attached hydrogens (primary N) is 2. The van der Waals surface area contributed by atoms with Crippen LogP contribution < -0.4 is 22.1 Å². The average Bonchev–Trinajstić information content (AvgIpc) is 3.13. The van der Waals surface area contributed by atoms with Crippen molar-refractivity contribution in [2.24, 2.45) is 0 Å². The van der Waals surface area contributed by atoms with E-state index in [4.69, 9.17) is 11.5 Å². The van der Waals surface area contributed by atoms with Crippen LogP contribution in [0.4, 0.5) is 17.3 Å². The Hall–Kier alpha value is -3.07. The molecule has 0 saturated heterocycles. The van der Waals surface area contributed by atoms with Gasteiger partial charge in [0.25, 0.3) is 0 Å². The third kappa shape index (κ3) is 2.31. The van der Waals surface area contributed by atoms with E-state index in [0.29, 0.717) is 28.5 Å². The molecule has 3 aromatic rings. The number of anilines is 3. The fourth-order valence-electron chi connectivity index (χ4n) is 2.95. The number of aromatic amines is 2. The lowest BCUT2D eigenvalue weighted by Crippen LogP contribution is -2.31. The summed E-state index contributed by atoms with van der Waals surface area (Å²) in [4.78, 5) is 32.5. The molecule has 4 rings (SSSR count).